The zero-order valence-corrected chi connectivity index (χ0v) is 12.2. The molecule has 1 heterocycles. The van der Waals surface area contributed by atoms with Gasteiger partial charge >= 0.3 is 0 Å². The molecule has 6 heteroatoms. The Hall–Kier alpha value is -1.53. The van der Waals surface area contributed by atoms with Crippen LogP contribution in [0.25, 0.3) is 0 Å². The van der Waals surface area contributed by atoms with E-state index in [0.717, 1.165) is 10.0 Å². The molecule has 0 radical (unpaired) electrons. The maximum Gasteiger partial charge on any atom is 0.137 e. The van der Waals surface area contributed by atoms with Crippen LogP contribution in [-0.2, 0) is 6.61 Å². The van der Waals surface area contributed by atoms with Crippen LogP contribution in [0.3, 0.4) is 0 Å². The standard InChI is InChI=1S/C13H10BrFN2OS/c14-9-3-8(5-17-6-9)7-18-10-1-2-11(13(16)19)12(15)4-10/h1-6H,7H2,(H2,16,19). The number of hydrogen-bond acceptors (Lipinski definition) is 3. The van der Waals surface area contributed by atoms with Crippen molar-refractivity contribution in [1.29, 1.82) is 0 Å². The van der Waals surface area contributed by atoms with Crippen LogP contribution in [-0.4, -0.2) is 9.97 Å². The molecule has 2 rings (SSSR count). The number of rotatable bonds is 4. The van der Waals surface area contributed by atoms with E-state index in [4.69, 9.17) is 22.7 Å². The second kappa shape index (κ2) is 6.08. The predicted molar refractivity (Wildman–Crippen MR) is 78.6 cm³/mol. The smallest absolute Gasteiger partial charge is 0.137 e. The van der Waals surface area contributed by atoms with Gasteiger partial charge in [-0.25, -0.2) is 4.39 Å². The third-order valence-electron chi connectivity index (χ3n) is 2.37. The summed E-state index contributed by atoms with van der Waals surface area (Å²) >= 11 is 8.05. The average molecular weight is 341 g/mol. The number of benzene rings is 1. The van der Waals surface area contributed by atoms with Gasteiger partial charge in [0.25, 0.3) is 0 Å². The third-order valence-corrected chi connectivity index (χ3v) is 3.03. The molecule has 19 heavy (non-hydrogen) atoms. The lowest BCUT2D eigenvalue weighted by Crippen LogP contribution is -2.11. The normalized spacial score (nSPS) is 10.2. The van der Waals surface area contributed by atoms with Gasteiger partial charge in [0.2, 0.25) is 0 Å². The Bertz CT molecular complexity index is 621. The van der Waals surface area contributed by atoms with E-state index in [1.807, 2.05) is 6.07 Å². The van der Waals surface area contributed by atoms with E-state index in [1.54, 1.807) is 18.5 Å². The number of thiocarbonyl (C=S) groups is 1. The number of hydrogen-bond donors (Lipinski definition) is 1. The molecular weight excluding hydrogens is 331 g/mol. The first-order valence-corrected chi connectivity index (χ1v) is 6.58. The molecule has 1 aromatic carbocycles. The minimum Gasteiger partial charge on any atom is -0.489 e. The Morgan fingerprint density at radius 2 is 2.16 bits per heavy atom. The van der Waals surface area contributed by atoms with Crippen molar-refractivity contribution in [1.82, 2.24) is 4.98 Å². The second-order valence-corrected chi connectivity index (χ2v) is 5.16. The summed E-state index contributed by atoms with van der Waals surface area (Å²) in [5.41, 5.74) is 6.48. The highest BCUT2D eigenvalue weighted by molar-refractivity contribution is 9.10. The SMILES string of the molecule is NC(=S)c1ccc(OCc2cncc(Br)c2)cc1F. The summed E-state index contributed by atoms with van der Waals surface area (Å²) in [4.78, 5) is 4.04. The van der Waals surface area contributed by atoms with E-state index >= 15 is 0 Å². The van der Waals surface area contributed by atoms with E-state index in [-0.39, 0.29) is 10.6 Å². The first kappa shape index (κ1) is 13.9. The van der Waals surface area contributed by atoms with Gasteiger partial charge in [0.15, 0.2) is 0 Å². The molecule has 0 aliphatic rings. The van der Waals surface area contributed by atoms with Gasteiger partial charge in [-0.1, -0.05) is 12.2 Å². The van der Waals surface area contributed by atoms with Gasteiger partial charge in [0.1, 0.15) is 23.2 Å². The largest absolute Gasteiger partial charge is 0.489 e. The molecular formula is C13H10BrFN2OS. The first-order chi connectivity index (χ1) is 9.06. The summed E-state index contributed by atoms with van der Waals surface area (Å²) in [6, 6.07) is 6.28. The van der Waals surface area contributed by atoms with E-state index in [0.29, 0.717) is 12.4 Å². The third kappa shape index (κ3) is 3.71. The molecule has 0 atom stereocenters. The van der Waals surface area contributed by atoms with E-state index in [9.17, 15) is 4.39 Å². The Balaban J connectivity index is 2.08. The van der Waals surface area contributed by atoms with Crippen LogP contribution in [0, 0.1) is 5.82 Å². The van der Waals surface area contributed by atoms with Gasteiger partial charge in [-0.2, -0.15) is 0 Å². The fourth-order valence-electron chi connectivity index (χ4n) is 1.49. The molecule has 98 valence electrons. The molecule has 0 aliphatic heterocycles. The number of nitrogens with two attached hydrogens (primary N) is 1. The summed E-state index contributed by atoms with van der Waals surface area (Å²) < 4.78 is 20.0. The van der Waals surface area contributed by atoms with Crippen molar-refractivity contribution in [2.24, 2.45) is 5.73 Å². The van der Waals surface area contributed by atoms with Crippen LogP contribution in [0.2, 0.25) is 0 Å². The molecule has 0 aliphatic carbocycles. The van der Waals surface area contributed by atoms with E-state index in [1.165, 1.54) is 12.1 Å². The number of aromatic nitrogens is 1. The molecule has 0 fully saturated rings. The highest BCUT2D eigenvalue weighted by Crippen LogP contribution is 2.18. The Kier molecular flexibility index (Phi) is 4.44. The van der Waals surface area contributed by atoms with Gasteiger partial charge in [0.05, 0.1) is 0 Å². The molecule has 2 N–H and O–H groups in total. The molecule has 0 spiro atoms. The summed E-state index contributed by atoms with van der Waals surface area (Å²) in [5.74, 6) is -0.0742. The van der Waals surface area contributed by atoms with Crippen LogP contribution < -0.4 is 10.5 Å². The number of halogens is 2. The fourth-order valence-corrected chi connectivity index (χ4v) is 2.06. The Labute approximate surface area is 123 Å². The number of ether oxygens (including phenoxy) is 1. The van der Waals surface area contributed by atoms with Crippen LogP contribution in [0.5, 0.6) is 5.75 Å². The molecule has 3 nitrogen and oxygen atoms in total. The van der Waals surface area contributed by atoms with Crippen LogP contribution in [0.15, 0.2) is 41.1 Å². The lowest BCUT2D eigenvalue weighted by Gasteiger charge is -2.08. The van der Waals surface area contributed by atoms with Crippen molar-refractivity contribution in [2.75, 3.05) is 0 Å². The van der Waals surface area contributed by atoms with Gasteiger partial charge in [-0.15, -0.1) is 0 Å². The van der Waals surface area contributed by atoms with Crippen molar-refractivity contribution >= 4 is 33.1 Å². The van der Waals surface area contributed by atoms with Crippen molar-refractivity contribution in [2.45, 2.75) is 6.61 Å². The zero-order valence-electron chi connectivity index (χ0n) is 9.77. The molecule has 0 unspecified atom stereocenters. The minimum absolute atomic E-state index is 0.0280. The highest BCUT2D eigenvalue weighted by atomic mass is 79.9. The van der Waals surface area contributed by atoms with Crippen LogP contribution >= 0.6 is 28.1 Å². The quantitative estimate of drug-likeness (QED) is 0.868. The maximum atomic E-state index is 13.6. The molecule has 1 aromatic heterocycles. The van der Waals surface area contributed by atoms with E-state index in [2.05, 4.69) is 20.9 Å². The summed E-state index contributed by atoms with van der Waals surface area (Å²) in [6.45, 7) is 0.304. The van der Waals surface area contributed by atoms with Crippen molar-refractivity contribution in [3.05, 3.63) is 58.1 Å². The number of nitrogens with zero attached hydrogens (tertiary/aromatic N) is 1. The van der Waals surface area contributed by atoms with Crippen molar-refractivity contribution < 1.29 is 9.13 Å². The topological polar surface area (TPSA) is 48.1 Å². The van der Waals surface area contributed by atoms with Gasteiger partial charge in [-0.3, -0.25) is 4.98 Å². The zero-order chi connectivity index (χ0) is 13.8. The average Bonchev–Trinajstić information content (AvgIpc) is 2.36. The van der Waals surface area contributed by atoms with Crippen molar-refractivity contribution in [3.63, 3.8) is 0 Å². The molecule has 2 aromatic rings. The highest BCUT2D eigenvalue weighted by Gasteiger charge is 2.06. The van der Waals surface area contributed by atoms with Gasteiger partial charge in [0, 0.05) is 34.1 Å². The second-order valence-electron chi connectivity index (χ2n) is 3.81. The Morgan fingerprint density at radius 1 is 1.37 bits per heavy atom. The molecule has 0 saturated carbocycles. The lowest BCUT2D eigenvalue weighted by atomic mass is 10.2. The first-order valence-electron chi connectivity index (χ1n) is 5.38. The summed E-state index contributed by atoms with van der Waals surface area (Å²) in [7, 11) is 0. The molecule has 0 bridgehead atoms. The van der Waals surface area contributed by atoms with Crippen molar-refractivity contribution in [3.8, 4) is 5.75 Å². The fraction of sp³-hybridized carbons (Fsp3) is 0.0769. The maximum absolute atomic E-state index is 13.6. The summed E-state index contributed by atoms with van der Waals surface area (Å²) in [6.07, 6.45) is 3.37. The molecule has 0 amide bonds. The van der Waals surface area contributed by atoms with Gasteiger partial charge in [-0.05, 0) is 34.1 Å². The van der Waals surface area contributed by atoms with Gasteiger partial charge < -0.3 is 10.5 Å². The molecule has 0 saturated heterocycles. The summed E-state index contributed by atoms with van der Waals surface area (Å²) in [5, 5.41) is 0. The van der Waals surface area contributed by atoms with E-state index < -0.39 is 5.82 Å². The number of pyridine rings is 1. The Morgan fingerprint density at radius 3 is 2.79 bits per heavy atom. The van der Waals surface area contributed by atoms with Crippen LogP contribution in [0.1, 0.15) is 11.1 Å². The lowest BCUT2D eigenvalue weighted by molar-refractivity contribution is 0.304. The predicted octanol–water partition coefficient (Wildman–Crippen LogP) is 3.20. The minimum atomic E-state index is -0.489. The van der Waals surface area contributed by atoms with Crippen LogP contribution in [0.4, 0.5) is 4.39 Å². The monoisotopic (exact) mass is 340 g/mol.